The minimum Gasteiger partial charge on any atom is -0.396 e. The van der Waals surface area contributed by atoms with E-state index in [4.69, 9.17) is 16.2 Å². The summed E-state index contributed by atoms with van der Waals surface area (Å²) in [4.78, 5) is 29.1. The van der Waals surface area contributed by atoms with Crippen LogP contribution >= 0.6 is 11.3 Å². The summed E-state index contributed by atoms with van der Waals surface area (Å²) in [5.74, 6) is -0.323. The van der Waals surface area contributed by atoms with Crippen LogP contribution in [0.1, 0.15) is 33.0 Å². The molecule has 1 amide bonds. The third kappa shape index (κ3) is 4.00. The third-order valence-electron chi connectivity index (χ3n) is 6.33. The lowest BCUT2D eigenvalue weighted by molar-refractivity contribution is 0.0938. The van der Waals surface area contributed by atoms with E-state index in [1.165, 1.54) is 17.4 Å². The summed E-state index contributed by atoms with van der Waals surface area (Å²) in [5, 5.41) is 3.04. The van der Waals surface area contributed by atoms with Crippen LogP contribution in [0.3, 0.4) is 0 Å². The van der Waals surface area contributed by atoms with Crippen molar-refractivity contribution >= 4 is 39.1 Å². The molecule has 5 rings (SSSR count). The number of halogens is 1. The molecule has 3 aromatic heterocycles. The van der Waals surface area contributed by atoms with E-state index >= 15 is 0 Å². The number of rotatable bonds is 4. The number of nitrogens with zero attached hydrogens (tertiary/aromatic N) is 4. The SMILES string of the molecule is COC1CN(c2nc3c(cc2F)CC(NC(=O)c2sc4nc(C)cnc4c2N)CC3)CC1N. The fourth-order valence-electron chi connectivity index (χ4n) is 4.58. The predicted octanol–water partition coefficient (Wildman–Crippen LogP) is 1.57. The van der Waals surface area contributed by atoms with Crippen molar-refractivity contribution in [3.8, 4) is 0 Å². The molecule has 5 N–H and O–H groups in total. The molecule has 9 nitrogen and oxygen atoms in total. The molecular weight excluding hydrogens is 445 g/mol. The fourth-order valence-corrected chi connectivity index (χ4v) is 5.58. The van der Waals surface area contributed by atoms with E-state index in [-0.39, 0.29) is 29.9 Å². The summed E-state index contributed by atoms with van der Waals surface area (Å²) in [6.07, 6.45) is 3.35. The van der Waals surface area contributed by atoms with Gasteiger partial charge in [-0.2, -0.15) is 0 Å². The summed E-state index contributed by atoms with van der Waals surface area (Å²) >= 11 is 1.23. The monoisotopic (exact) mass is 471 g/mol. The summed E-state index contributed by atoms with van der Waals surface area (Å²) in [6.45, 7) is 2.85. The molecule has 0 radical (unpaired) electrons. The highest BCUT2D eigenvalue weighted by Gasteiger charge is 2.33. The zero-order valence-electron chi connectivity index (χ0n) is 18.5. The van der Waals surface area contributed by atoms with Crippen LogP contribution in [0.5, 0.6) is 0 Å². The van der Waals surface area contributed by atoms with Gasteiger partial charge in [0.1, 0.15) is 15.2 Å². The average molecular weight is 472 g/mol. The van der Waals surface area contributed by atoms with Gasteiger partial charge in [-0.25, -0.2) is 19.3 Å². The first kappa shape index (κ1) is 21.9. The van der Waals surface area contributed by atoms with E-state index in [0.717, 1.165) is 17.0 Å². The number of carbonyl (C=O) groups is 1. The van der Waals surface area contributed by atoms with Crippen molar-refractivity contribution in [2.45, 2.75) is 44.4 Å². The maximum atomic E-state index is 14.9. The van der Waals surface area contributed by atoms with Gasteiger partial charge in [0.15, 0.2) is 11.6 Å². The normalized spacial score (nSPS) is 22.5. The number of fused-ring (bicyclic) bond motifs is 2. The first-order valence-corrected chi connectivity index (χ1v) is 11.7. The summed E-state index contributed by atoms with van der Waals surface area (Å²) in [6, 6.07) is 1.22. The molecule has 3 aromatic rings. The van der Waals surface area contributed by atoms with E-state index in [2.05, 4.69) is 20.3 Å². The second-order valence-electron chi connectivity index (χ2n) is 8.67. The average Bonchev–Trinajstić information content (AvgIpc) is 3.32. The van der Waals surface area contributed by atoms with Crippen LogP contribution in [0.25, 0.3) is 10.3 Å². The zero-order valence-corrected chi connectivity index (χ0v) is 19.3. The molecule has 174 valence electrons. The summed E-state index contributed by atoms with van der Waals surface area (Å²) in [7, 11) is 1.61. The number of hydrogen-bond acceptors (Lipinski definition) is 9. The van der Waals surface area contributed by atoms with Gasteiger partial charge < -0.3 is 26.4 Å². The Labute approximate surface area is 194 Å². The zero-order chi connectivity index (χ0) is 23.3. The van der Waals surface area contributed by atoms with E-state index in [0.29, 0.717) is 59.1 Å². The Morgan fingerprint density at radius 3 is 2.94 bits per heavy atom. The standard InChI is InChI=1S/C22H26FN7O2S/c1-10-7-26-18-17(25)19(33-22(18)27-10)21(31)28-12-3-4-15-11(5-12)6-13(23)20(29-15)30-8-14(24)16(9-30)32-2/h6-7,12,14,16H,3-5,8-9,24-25H2,1-2H3,(H,28,31). The fraction of sp³-hybridized carbons (Fsp3) is 0.455. The van der Waals surface area contributed by atoms with Gasteiger partial charge in [-0.05, 0) is 37.8 Å². The molecule has 4 heterocycles. The molecule has 0 spiro atoms. The molecule has 0 saturated carbocycles. The number of nitrogen functional groups attached to an aromatic ring is 1. The molecule has 0 bridgehead atoms. The second-order valence-corrected chi connectivity index (χ2v) is 9.66. The Balaban J connectivity index is 1.31. The quantitative estimate of drug-likeness (QED) is 0.522. The van der Waals surface area contributed by atoms with Gasteiger partial charge in [0, 0.05) is 38.1 Å². The van der Waals surface area contributed by atoms with E-state index in [1.54, 1.807) is 13.3 Å². The van der Waals surface area contributed by atoms with E-state index in [9.17, 15) is 9.18 Å². The number of thiophene rings is 1. The first-order chi connectivity index (χ1) is 15.8. The molecular formula is C22H26FN7O2S. The van der Waals surface area contributed by atoms with Crippen LogP contribution in [-0.4, -0.2) is 59.2 Å². The molecule has 2 aliphatic rings. The van der Waals surface area contributed by atoms with Crippen LogP contribution in [0.4, 0.5) is 15.9 Å². The maximum absolute atomic E-state index is 14.9. The Hall–Kier alpha value is -2.89. The number of aromatic nitrogens is 3. The minimum atomic E-state index is -0.383. The van der Waals surface area contributed by atoms with Crippen molar-refractivity contribution in [3.63, 3.8) is 0 Å². The molecule has 1 aliphatic carbocycles. The number of anilines is 2. The number of nitrogens with two attached hydrogens (primary N) is 2. The largest absolute Gasteiger partial charge is 0.396 e. The van der Waals surface area contributed by atoms with Crippen molar-refractivity contribution in [3.05, 3.63) is 39.9 Å². The molecule has 3 atom stereocenters. The third-order valence-corrected chi connectivity index (χ3v) is 7.42. The van der Waals surface area contributed by atoms with Crippen molar-refractivity contribution in [2.24, 2.45) is 5.73 Å². The van der Waals surface area contributed by atoms with Crippen molar-refractivity contribution in [1.82, 2.24) is 20.3 Å². The second kappa shape index (κ2) is 8.47. The number of hydrogen-bond donors (Lipinski definition) is 3. The Kier molecular flexibility index (Phi) is 5.63. The number of amides is 1. The van der Waals surface area contributed by atoms with Gasteiger partial charge in [-0.15, -0.1) is 11.3 Å². The van der Waals surface area contributed by atoms with Gasteiger partial charge in [0.25, 0.3) is 5.91 Å². The summed E-state index contributed by atoms with van der Waals surface area (Å²) < 4.78 is 20.3. The summed E-state index contributed by atoms with van der Waals surface area (Å²) in [5.41, 5.74) is 15.6. The highest BCUT2D eigenvalue weighted by molar-refractivity contribution is 7.21. The number of pyridine rings is 1. The lowest BCUT2D eigenvalue weighted by Gasteiger charge is -2.27. The lowest BCUT2D eigenvalue weighted by atomic mass is 9.91. The van der Waals surface area contributed by atoms with Gasteiger partial charge in [0.05, 0.1) is 23.5 Å². The number of ether oxygens (including phenoxy) is 1. The Morgan fingerprint density at radius 1 is 1.36 bits per heavy atom. The maximum Gasteiger partial charge on any atom is 0.263 e. The van der Waals surface area contributed by atoms with Gasteiger partial charge in [-0.1, -0.05) is 0 Å². The van der Waals surface area contributed by atoms with Gasteiger partial charge in [-0.3, -0.25) is 4.79 Å². The molecule has 1 fully saturated rings. The molecule has 3 unspecified atom stereocenters. The van der Waals surface area contributed by atoms with Crippen LogP contribution in [-0.2, 0) is 17.6 Å². The van der Waals surface area contributed by atoms with Crippen molar-refractivity contribution < 1.29 is 13.9 Å². The topological polar surface area (TPSA) is 132 Å². The number of aryl methyl sites for hydroxylation is 2. The predicted molar refractivity (Wildman–Crippen MR) is 125 cm³/mol. The van der Waals surface area contributed by atoms with Crippen LogP contribution in [0.15, 0.2) is 12.3 Å². The van der Waals surface area contributed by atoms with Crippen LogP contribution < -0.4 is 21.7 Å². The number of nitrogens with one attached hydrogen (secondary N) is 1. The van der Waals surface area contributed by atoms with Gasteiger partial charge in [0.2, 0.25) is 0 Å². The molecule has 33 heavy (non-hydrogen) atoms. The highest BCUT2D eigenvalue weighted by atomic mass is 32.1. The molecule has 1 saturated heterocycles. The van der Waals surface area contributed by atoms with Crippen molar-refractivity contribution in [1.29, 1.82) is 0 Å². The number of carbonyl (C=O) groups excluding carboxylic acids is 1. The lowest BCUT2D eigenvalue weighted by Crippen LogP contribution is -2.39. The van der Waals surface area contributed by atoms with Gasteiger partial charge >= 0.3 is 0 Å². The Morgan fingerprint density at radius 2 is 2.18 bits per heavy atom. The smallest absolute Gasteiger partial charge is 0.263 e. The molecule has 1 aliphatic heterocycles. The van der Waals surface area contributed by atoms with E-state index in [1.807, 2.05) is 11.8 Å². The van der Waals surface area contributed by atoms with E-state index < -0.39 is 0 Å². The molecule has 11 heteroatoms. The molecule has 0 aromatic carbocycles. The number of methoxy groups -OCH3 is 1. The minimum absolute atomic E-state index is 0.137. The first-order valence-electron chi connectivity index (χ1n) is 10.9. The van der Waals surface area contributed by atoms with Crippen LogP contribution in [0.2, 0.25) is 0 Å². The van der Waals surface area contributed by atoms with Crippen molar-refractivity contribution in [2.75, 3.05) is 30.8 Å². The highest BCUT2D eigenvalue weighted by Crippen LogP contribution is 2.32. The Bertz CT molecular complexity index is 1230. The van der Waals surface area contributed by atoms with Crippen LogP contribution in [0, 0.1) is 12.7 Å².